The molecule has 0 fully saturated rings. The first-order valence-electron chi connectivity index (χ1n) is 15.0. The second-order valence-electron chi connectivity index (χ2n) is 12.1. The SMILES string of the molecule is Cc1c(C)c(S(=O)(=O)NC(=N)NCCC[C@H](NC(=O)c2cccn(Cc3ccccc3)c2=O)C(=O)O)c(C)c2c1OC(C)(C)CC2. The zero-order valence-electron chi connectivity index (χ0n) is 26.7. The van der Waals surface area contributed by atoms with Crippen molar-refractivity contribution in [2.45, 2.75) is 83.4 Å². The summed E-state index contributed by atoms with van der Waals surface area (Å²) in [5.74, 6) is -1.85. The number of benzene rings is 2. The molecule has 1 amide bonds. The molecule has 12 nitrogen and oxygen atoms in total. The van der Waals surface area contributed by atoms with E-state index in [1.807, 2.05) is 51.1 Å². The highest BCUT2D eigenvalue weighted by Gasteiger charge is 2.33. The number of carbonyl (C=O) groups excluding carboxylic acids is 1. The third kappa shape index (κ3) is 7.76. The largest absolute Gasteiger partial charge is 0.487 e. The summed E-state index contributed by atoms with van der Waals surface area (Å²) < 4.78 is 36.7. The number of aliphatic carboxylic acids is 1. The molecule has 0 aliphatic carbocycles. The number of guanidine groups is 1. The predicted octanol–water partition coefficient (Wildman–Crippen LogP) is 3.39. The summed E-state index contributed by atoms with van der Waals surface area (Å²) in [6, 6.07) is 10.8. The van der Waals surface area contributed by atoms with E-state index < -0.39 is 39.5 Å². The fourth-order valence-corrected chi connectivity index (χ4v) is 7.13. The Kier molecular flexibility index (Phi) is 10.2. The number of fused-ring (bicyclic) bond motifs is 1. The maximum Gasteiger partial charge on any atom is 0.326 e. The Morgan fingerprint density at radius 1 is 1.07 bits per heavy atom. The molecule has 0 saturated heterocycles. The molecule has 1 aliphatic rings. The van der Waals surface area contributed by atoms with Crippen molar-refractivity contribution in [3.63, 3.8) is 0 Å². The van der Waals surface area contributed by atoms with Crippen molar-refractivity contribution in [3.8, 4) is 5.75 Å². The van der Waals surface area contributed by atoms with Crippen LogP contribution in [0.1, 0.15) is 71.3 Å². The number of nitrogens with zero attached hydrogens (tertiary/aromatic N) is 1. The first kappa shape index (κ1) is 34.2. The average molecular weight is 652 g/mol. The molecule has 3 aromatic rings. The van der Waals surface area contributed by atoms with Crippen LogP contribution in [0.4, 0.5) is 0 Å². The van der Waals surface area contributed by atoms with Gasteiger partial charge in [-0.25, -0.2) is 17.9 Å². The lowest BCUT2D eigenvalue weighted by molar-refractivity contribution is -0.139. The summed E-state index contributed by atoms with van der Waals surface area (Å²) in [6.07, 6.45) is 3.11. The summed E-state index contributed by atoms with van der Waals surface area (Å²) in [5, 5.41) is 23.0. The molecule has 246 valence electrons. The fraction of sp³-hybridized carbons (Fsp3) is 0.394. The second kappa shape index (κ2) is 13.8. The minimum atomic E-state index is -4.12. The fourth-order valence-electron chi connectivity index (χ4n) is 5.60. The van der Waals surface area contributed by atoms with Gasteiger partial charge in [0.1, 0.15) is 23.0 Å². The molecule has 1 aliphatic heterocycles. The molecule has 0 unspecified atom stereocenters. The van der Waals surface area contributed by atoms with Crippen LogP contribution >= 0.6 is 0 Å². The first-order valence-corrected chi connectivity index (χ1v) is 16.5. The molecule has 4 rings (SSSR count). The Morgan fingerprint density at radius 3 is 2.43 bits per heavy atom. The van der Waals surface area contributed by atoms with E-state index in [2.05, 4.69) is 15.4 Å². The van der Waals surface area contributed by atoms with Gasteiger partial charge in [-0.05, 0) is 100 Å². The van der Waals surface area contributed by atoms with Gasteiger partial charge < -0.3 is 25.0 Å². The third-order valence-electron chi connectivity index (χ3n) is 8.21. The van der Waals surface area contributed by atoms with E-state index in [1.54, 1.807) is 26.1 Å². The Hall–Kier alpha value is -4.65. The number of sulfonamides is 1. The average Bonchev–Trinajstić information content (AvgIpc) is 2.98. The summed E-state index contributed by atoms with van der Waals surface area (Å²) >= 11 is 0. The second-order valence-corrected chi connectivity index (χ2v) is 13.7. The van der Waals surface area contributed by atoms with Crippen LogP contribution in [0.2, 0.25) is 0 Å². The zero-order chi connectivity index (χ0) is 33.8. The molecule has 46 heavy (non-hydrogen) atoms. The highest BCUT2D eigenvalue weighted by atomic mass is 32.2. The number of carbonyl (C=O) groups is 2. The van der Waals surface area contributed by atoms with Crippen molar-refractivity contribution in [3.05, 3.63) is 92.4 Å². The Labute approximate surface area is 268 Å². The van der Waals surface area contributed by atoms with E-state index in [-0.39, 0.29) is 42.0 Å². The lowest BCUT2D eigenvalue weighted by atomic mass is 9.88. The van der Waals surface area contributed by atoms with E-state index in [0.29, 0.717) is 23.3 Å². The molecular formula is C33H41N5O7S. The van der Waals surface area contributed by atoms with Crippen molar-refractivity contribution in [1.82, 2.24) is 19.9 Å². The Morgan fingerprint density at radius 2 is 1.76 bits per heavy atom. The van der Waals surface area contributed by atoms with Crippen LogP contribution in [0.25, 0.3) is 0 Å². The van der Waals surface area contributed by atoms with Crippen molar-refractivity contribution >= 4 is 27.9 Å². The van der Waals surface area contributed by atoms with Crippen molar-refractivity contribution in [2.24, 2.45) is 0 Å². The highest BCUT2D eigenvalue weighted by Crippen LogP contribution is 2.42. The smallest absolute Gasteiger partial charge is 0.326 e. The minimum Gasteiger partial charge on any atom is -0.487 e. The van der Waals surface area contributed by atoms with Crippen molar-refractivity contribution in [1.29, 1.82) is 5.41 Å². The van der Waals surface area contributed by atoms with Crippen LogP contribution in [0, 0.1) is 26.2 Å². The molecular weight excluding hydrogens is 610 g/mol. The third-order valence-corrected chi connectivity index (χ3v) is 9.83. The summed E-state index contributed by atoms with van der Waals surface area (Å²) in [5.41, 5.74) is 2.49. The number of rotatable bonds is 11. The van der Waals surface area contributed by atoms with E-state index >= 15 is 0 Å². The maximum atomic E-state index is 13.4. The van der Waals surface area contributed by atoms with Crippen LogP contribution in [0.3, 0.4) is 0 Å². The molecule has 2 aromatic carbocycles. The lowest BCUT2D eigenvalue weighted by Crippen LogP contribution is -2.44. The van der Waals surface area contributed by atoms with Crippen LogP contribution in [-0.4, -0.2) is 54.1 Å². The van der Waals surface area contributed by atoms with Gasteiger partial charge in [0.15, 0.2) is 0 Å². The number of carboxylic acid groups (broad SMARTS) is 1. The van der Waals surface area contributed by atoms with Crippen LogP contribution in [0.5, 0.6) is 5.75 Å². The van der Waals surface area contributed by atoms with Crippen molar-refractivity contribution < 1.29 is 27.9 Å². The van der Waals surface area contributed by atoms with E-state index in [4.69, 9.17) is 10.1 Å². The molecule has 1 atom stereocenters. The molecule has 0 radical (unpaired) electrons. The molecule has 2 heterocycles. The van der Waals surface area contributed by atoms with Gasteiger partial charge in [-0.1, -0.05) is 30.3 Å². The number of ether oxygens (including phenoxy) is 1. The number of aromatic nitrogens is 1. The van der Waals surface area contributed by atoms with Crippen LogP contribution in [-0.2, 0) is 27.8 Å². The van der Waals surface area contributed by atoms with Gasteiger partial charge in [0.2, 0.25) is 5.96 Å². The van der Waals surface area contributed by atoms with E-state index in [1.165, 1.54) is 10.6 Å². The minimum absolute atomic E-state index is 0.0300. The maximum absolute atomic E-state index is 13.4. The number of carboxylic acids is 1. The quantitative estimate of drug-likeness (QED) is 0.119. The molecule has 1 aromatic heterocycles. The number of hydrogen-bond acceptors (Lipinski definition) is 7. The topological polar surface area (TPSA) is 180 Å². The van der Waals surface area contributed by atoms with Gasteiger partial charge in [-0.15, -0.1) is 0 Å². The molecule has 5 N–H and O–H groups in total. The Bertz CT molecular complexity index is 1820. The number of pyridine rings is 1. The summed E-state index contributed by atoms with van der Waals surface area (Å²) in [6.45, 7) is 9.59. The number of amides is 1. The Balaban J connectivity index is 1.35. The predicted molar refractivity (Wildman–Crippen MR) is 174 cm³/mol. The van der Waals surface area contributed by atoms with Crippen molar-refractivity contribution in [2.75, 3.05) is 6.54 Å². The van der Waals surface area contributed by atoms with E-state index in [9.17, 15) is 27.9 Å². The zero-order valence-corrected chi connectivity index (χ0v) is 27.5. The first-order chi connectivity index (χ1) is 21.6. The standard InChI is InChI=1S/C33H41N5O7S/c1-20-21(2)28(22(3)24-15-16-33(4,5)45-27(20)24)46(43,44)37-32(34)35-17-9-14-26(31(41)42)36-29(39)25-13-10-18-38(30(25)40)19-23-11-7-6-8-12-23/h6-8,10-13,18,26H,9,14-17,19H2,1-5H3,(H,36,39)(H,41,42)(H3,34,35,37)/t26-/m0/s1. The van der Waals surface area contributed by atoms with Gasteiger partial charge in [0, 0.05) is 12.7 Å². The highest BCUT2D eigenvalue weighted by molar-refractivity contribution is 7.90. The van der Waals surface area contributed by atoms with Gasteiger partial charge in [0.05, 0.1) is 11.4 Å². The van der Waals surface area contributed by atoms with Crippen LogP contribution < -0.4 is 25.7 Å². The lowest BCUT2D eigenvalue weighted by Gasteiger charge is -2.35. The number of hydrogen-bond donors (Lipinski definition) is 5. The monoisotopic (exact) mass is 651 g/mol. The summed E-state index contributed by atoms with van der Waals surface area (Å²) in [7, 11) is -4.12. The van der Waals surface area contributed by atoms with Gasteiger partial charge in [-0.3, -0.25) is 15.0 Å². The van der Waals surface area contributed by atoms with Gasteiger partial charge in [0.25, 0.3) is 21.5 Å². The number of nitrogens with one attached hydrogen (secondary N) is 4. The molecule has 0 bridgehead atoms. The normalized spacial score (nSPS) is 14.4. The van der Waals surface area contributed by atoms with Gasteiger partial charge >= 0.3 is 5.97 Å². The molecule has 0 saturated carbocycles. The summed E-state index contributed by atoms with van der Waals surface area (Å²) in [4.78, 5) is 37.8. The molecule has 0 spiro atoms. The molecule has 13 heteroatoms. The van der Waals surface area contributed by atoms with Gasteiger partial charge in [-0.2, -0.15) is 0 Å². The van der Waals surface area contributed by atoms with E-state index in [0.717, 1.165) is 23.1 Å². The van der Waals surface area contributed by atoms with Crippen LogP contribution in [0.15, 0.2) is 58.4 Å².